The van der Waals surface area contributed by atoms with Gasteiger partial charge in [0.05, 0.1) is 23.9 Å². The van der Waals surface area contributed by atoms with Crippen molar-refractivity contribution in [3.05, 3.63) is 41.1 Å². The van der Waals surface area contributed by atoms with Gasteiger partial charge in [-0.2, -0.15) is 0 Å². The van der Waals surface area contributed by atoms with Crippen LogP contribution in [0, 0.1) is 0 Å². The zero-order chi connectivity index (χ0) is 11.4. The molecule has 0 radical (unpaired) electrons. The second-order valence-corrected chi connectivity index (χ2v) is 4.13. The molecule has 0 N–H and O–H groups in total. The van der Waals surface area contributed by atoms with E-state index >= 15 is 0 Å². The summed E-state index contributed by atoms with van der Waals surface area (Å²) in [6, 6.07) is 7.28. The summed E-state index contributed by atoms with van der Waals surface area (Å²) in [6.45, 7) is 0. The molecule has 1 aromatic rings. The van der Waals surface area contributed by atoms with Crippen LogP contribution in [0.1, 0.15) is 15.9 Å². The Morgan fingerprint density at radius 1 is 1.44 bits per heavy atom. The predicted octanol–water partition coefficient (Wildman–Crippen LogP) is 2.59. The van der Waals surface area contributed by atoms with Crippen molar-refractivity contribution in [3.63, 3.8) is 0 Å². The first-order valence-electron chi connectivity index (χ1n) is 4.82. The van der Waals surface area contributed by atoms with Gasteiger partial charge in [-0.05, 0) is 23.8 Å². The molecule has 2 rings (SSSR count). The van der Waals surface area contributed by atoms with Gasteiger partial charge in [-0.1, -0.05) is 12.1 Å². The Balaban J connectivity index is 2.16. The first kappa shape index (κ1) is 11.0. The number of thioether (sulfide) groups is 1. The van der Waals surface area contributed by atoms with Crippen molar-refractivity contribution in [2.75, 3.05) is 12.9 Å². The molecule has 4 heteroatoms. The number of carbonyl (C=O) groups is 1. The zero-order valence-electron chi connectivity index (χ0n) is 8.84. The van der Waals surface area contributed by atoms with Gasteiger partial charge in [0.25, 0.3) is 0 Å². The molecule has 0 bridgehead atoms. The van der Waals surface area contributed by atoms with Crippen LogP contribution >= 0.6 is 11.8 Å². The third kappa shape index (κ3) is 2.52. The second kappa shape index (κ2) is 4.99. The third-order valence-corrected chi connectivity index (χ3v) is 2.91. The fourth-order valence-electron chi connectivity index (χ4n) is 1.37. The Morgan fingerprint density at radius 2 is 2.19 bits per heavy atom. The number of ether oxygens (including phenoxy) is 1. The predicted molar refractivity (Wildman–Crippen MR) is 66.7 cm³/mol. The molecule has 0 unspecified atom stereocenters. The maximum absolute atomic E-state index is 11.2. The average molecular weight is 233 g/mol. The summed E-state index contributed by atoms with van der Waals surface area (Å²) in [6.07, 6.45) is 2.01. The molecule has 1 aliphatic rings. The van der Waals surface area contributed by atoms with Crippen molar-refractivity contribution in [1.82, 2.24) is 0 Å². The van der Waals surface area contributed by atoms with Gasteiger partial charge in [0.15, 0.2) is 0 Å². The van der Waals surface area contributed by atoms with Crippen molar-refractivity contribution in [3.8, 4) is 0 Å². The number of esters is 1. The average Bonchev–Trinajstić information content (AvgIpc) is 2.82. The minimum atomic E-state index is -0.311. The van der Waals surface area contributed by atoms with E-state index in [9.17, 15) is 4.79 Å². The number of nitrogens with zero attached hydrogens (tertiary/aromatic N) is 1. The van der Waals surface area contributed by atoms with Crippen molar-refractivity contribution in [2.45, 2.75) is 0 Å². The Morgan fingerprint density at radius 3 is 2.75 bits per heavy atom. The van der Waals surface area contributed by atoms with E-state index in [4.69, 9.17) is 0 Å². The molecule has 0 amide bonds. The third-order valence-electron chi connectivity index (χ3n) is 2.19. The summed E-state index contributed by atoms with van der Waals surface area (Å²) in [5, 5.41) is 0. The van der Waals surface area contributed by atoms with E-state index in [1.54, 1.807) is 23.9 Å². The van der Waals surface area contributed by atoms with Gasteiger partial charge < -0.3 is 4.74 Å². The largest absolute Gasteiger partial charge is 0.465 e. The molecule has 0 saturated carbocycles. The lowest BCUT2D eigenvalue weighted by atomic mass is 10.1. The van der Waals surface area contributed by atoms with Crippen LogP contribution in [0.3, 0.4) is 0 Å². The Labute approximate surface area is 98.2 Å². The molecule has 16 heavy (non-hydrogen) atoms. The highest BCUT2D eigenvalue weighted by Gasteiger charge is 2.05. The fourth-order valence-corrected chi connectivity index (χ4v) is 1.98. The summed E-state index contributed by atoms with van der Waals surface area (Å²) in [4.78, 5) is 15.4. The molecule has 1 heterocycles. The van der Waals surface area contributed by atoms with Crippen molar-refractivity contribution in [2.24, 2.45) is 4.99 Å². The minimum absolute atomic E-state index is 0.311. The van der Waals surface area contributed by atoms with Crippen LogP contribution in [0.25, 0.3) is 6.08 Å². The molecule has 0 spiro atoms. The maximum atomic E-state index is 11.2. The molecule has 0 aliphatic carbocycles. The molecule has 82 valence electrons. The van der Waals surface area contributed by atoms with Gasteiger partial charge in [-0.3, -0.25) is 4.99 Å². The van der Waals surface area contributed by atoms with Gasteiger partial charge in [0, 0.05) is 5.75 Å². The van der Waals surface area contributed by atoms with Crippen molar-refractivity contribution < 1.29 is 9.53 Å². The number of carbonyl (C=O) groups excluding carboxylic acids is 1. The highest BCUT2D eigenvalue weighted by Crippen LogP contribution is 2.18. The monoisotopic (exact) mass is 233 g/mol. The van der Waals surface area contributed by atoms with Crippen molar-refractivity contribution in [1.29, 1.82) is 0 Å². The Hall–Kier alpha value is -1.55. The molecule has 0 fully saturated rings. The molecule has 1 aromatic carbocycles. The van der Waals surface area contributed by atoms with Gasteiger partial charge in [-0.25, -0.2) is 4.79 Å². The van der Waals surface area contributed by atoms with Gasteiger partial charge >= 0.3 is 5.97 Å². The van der Waals surface area contributed by atoms with Crippen LogP contribution in [0.5, 0.6) is 0 Å². The van der Waals surface area contributed by atoms with E-state index in [2.05, 4.69) is 9.73 Å². The van der Waals surface area contributed by atoms with Gasteiger partial charge in [0.1, 0.15) is 0 Å². The van der Waals surface area contributed by atoms with Crippen LogP contribution in [0.2, 0.25) is 0 Å². The van der Waals surface area contributed by atoms with Gasteiger partial charge in [0.2, 0.25) is 0 Å². The van der Waals surface area contributed by atoms with Crippen LogP contribution in [-0.2, 0) is 4.74 Å². The number of aliphatic imine (C=N–C) groups is 1. The lowest BCUT2D eigenvalue weighted by molar-refractivity contribution is 0.0601. The van der Waals surface area contributed by atoms with E-state index in [1.165, 1.54) is 7.11 Å². The molecule has 3 nitrogen and oxygen atoms in total. The number of hydrogen-bond acceptors (Lipinski definition) is 4. The van der Waals surface area contributed by atoms with Gasteiger partial charge in [-0.15, -0.1) is 11.8 Å². The Kier molecular flexibility index (Phi) is 3.41. The molecule has 0 atom stereocenters. The maximum Gasteiger partial charge on any atom is 0.337 e. The van der Waals surface area contributed by atoms with Crippen molar-refractivity contribution >= 4 is 29.4 Å². The van der Waals surface area contributed by atoms with Crippen LogP contribution in [0.4, 0.5) is 0 Å². The molecule has 0 aromatic heterocycles. The lowest BCUT2D eigenvalue weighted by Crippen LogP contribution is -2.00. The first-order valence-corrected chi connectivity index (χ1v) is 5.87. The summed E-state index contributed by atoms with van der Waals surface area (Å²) in [7, 11) is 1.38. The summed E-state index contributed by atoms with van der Waals surface area (Å²) >= 11 is 1.68. The minimum Gasteiger partial charge on any atom is -0.465 e. The topological polar surface area (TPSA) is 38.7 Å². The highest BCUT2D eigenvalue weighted by atomic mass is 32.2. The molecule has 1 aliphatic heterocycles. The smallest absolute Gasteiger partial charge is 0.337 e. The second-order valence-electron chi connectivity index (χ2n) is 3.29. The Bertz CT molecular complexity index is 449. The number of methoxy groups -OCH3 is 1. The van der Waals surface area contributed by atoms with E-state index < -0.39 is 0 Å². The SMILES string of the molecule is COC(=O)c1ccc(C=C2CSC=N2)cc1. The number of hydrogen-bond donors (Lipinski definition) is 0. The lowest BCUT2D eigenvalue weighted by Gasteiger charge is -1.99. The van der Waals surface area contributed by atoms with Crippen LogP contribution in [0.15, 0.2) is 35.0 Å². The number of rotatable bonds is 2. The van der Waals surface area contributed by atoms with E-state index in [0.717, 1.165) is 17.0 Å². The van der Waals surface area contributed by atoms with E-state index in [0.29, 0.717) is 5.56 Å². The number of benzene rings is 1. The zero-order valence-corrected chi connectivity index (χ0v) is 9.66. The summed E-state index contributed by atoms with van der Waals surface area (Å²) in [5.41, 5.74) is 4.50. The summed E-state index contributed by atoms with van der Waals surface area (Å²) in [5.74, 6) is 0.604. The molecular weight excluding hydrogens is 222 g/mol. The quantitative estimate of drug-likeness (QED) is 0.737. The van der Waals surface area contributed by atoms with E-state index in [-0.39, 0.29) is 5.97 Å². The summed E-state index contributed by atoms with van der Waals surface area (Å²) < 4.78 is 4.63. The normalized spacial score (nSPS) is 16.7. The fraction of sp³-hybridized carbons (Fsp3) is 0.167. The highest BCUT2D eigenvalue weighted by molar-refractivity contribution is 8.12. The molecular formula is C12H11NO2S. The molecule has 0 saturated heterocycles. The first-order chi connectivity index (χ1) is 7.79. The van der Waals surface area contributed by atoms with Crippen LogP contribution in [-0.4, -0.2) is 24.4 Å². The standard InChI is InChI=1S/C12H11NO2S/c1-15-12(14)10-4-2-9(3-5-10)6-11-7-16-8-13-11/h2-6,8H,7H2,1H3. The van der Waals surface area contributed by atoms with Crippen LogP contribution < -0.4 is 0 Å². The van der Waals surface area contributed by atoms with E-state index in [1.807, 2.05) is 23.8 Å².